The molecule has 1 aromatic heterocycles. The van der Waals surface area contributed by atoms with E-state index >= 15 is 0 Å². The van der Waals surface area contributed by atoms with E-state index in [4.69, 9.17) is 16.3 Å². The number of ether oxygens (including phenoxy) is 1. The summed E-state index contributed by atoms with van der Waals surface area (Å²) in [6, 6.07) is 8.34. The Bertz CT molecular complexity index is 610. The van der Waals surface area contributed by atoms with Gasteiger partial charge in [-0.25, -0.2) is 9.37 Å². The predicted octanol–water partition coefficient (Wildman–Crippen LogP) is 4.65. The second kappa shape index (κ2) is 6.90. The number of anilines is 1. The van der Waals surface area contributed by atoms with Crippen molar-refractivity contribution in [3.05, 3.63) is 51.3 Å². The van der Waals surface area contributed by atoms with Gasteiger partial charge < -0.3 is 10.1 Å². The van der Waals surface area contributed by atoms with Crippen LogP contribution in [0, 0.1) is 5.82 Å². The molecule has 0 saturated heterocycles. The zero-order valence-corrected chi connectivity index (χ0v) is 13.1. The van der Waals surface area contributed by atoms with E-state index in [0.29, 0.717) is 10.2 Å². The van der Waals surface area contributed by atoms with Crippen LogP contribution < -0.4 is 10.1 Å². The van der Waals surface area contributed by atoms with E-state index in [1.807, 2.05) is 25.1 Å². The number of rotatable bonds is 5. The van der Waals surface area contributed by atoms with Crippen LogP contribution in [0.1, 0.15) is 12.6 Å². The van der Waals surface area contributed by atoms with Crippen molar-refractivity contribution in [1.29, 1.82) is 0 Å². The molecular formula is C14H13BrClFN2O. The van der Waals surface area contributed by atoms with Gasteiger partial charge in [0.05, 0.1) is 15.2 Å². The topological polar surface area (TPSA) is 34.1 Å². The molecule has 6 heteroatoms. The van der Waals surface area contributed by atoms with Crippen molar-refractivity contribution in [3.63, 3.8) is 0 Å². The zero-order valence-electron chi connectivity index (χ0n) is 10.8. The SMILES string of the molecule is CCNc1cccc(COc2cc(F)c(Cl)cc2Br)n1. The van der Waals surface area contributed by atoms with Crippen LogP contribution in [-0.2, 0) is 6.61 Å². The Balaban J connectivity index is 2.08. The molecule has 20 heavy (non-hydrogen) atoms. The summed E-state index contributed by atoms with van der Waals surface area (Å²) in [4.78, 5) is 4.38. The highest BCUT2D eigenvalue weighted by atomic mass is 79.9. The Hall–Kier alpha value is -1.33. The first kappa shape index (κ1) is 15.1. The normalized spacial score (nSPS) is 10.4. The fraction of sp³-hybridized carbons (Fsp3) is 0.214. The number of aromatic nitrogens is 1. The van der Waals surface area contributed by atoms with Gasteiger partial charge >= 0.3 is 0 Å². The molecule has 0 aliphatic carbocycles. The maximum atomic E-state index is 13.4. The van der Waals surface area contributed by atoms with E-state index in [1.165, 1.54) is 12.1 Å². The maximum absolute atomic E-state index is 13.4. The fourth-order valence-electron chi connectivity index (χ4n) is 1.61. The van der Waals surface area contributed by atoms with Gasteiger partial charge in [0, 0.05) is 12.6 Å². The number of nitrogens with zero attached hydrogens (tertiary/aromatic N) is 1. The van der Waals surface area contributed by atoms with Crippen LogP contribution in [0.25, 0.3) is 0 Å². The van der Waals surface area contributed by atoms with Crippen molar-refractivity contribution in [1.82, 2.24) is 4.98 Å². The van der Waals surface area contributed by atoms with Crippen LogP contribution in [0.5, 0.6) is 5.75 Å². The third kappa shape index (κ3) is 3.84. The summed E-state index contributed by atoms with van der Waals surface area (Å²) in [5.41, 5.74) is 0.755. The summed E-state index contributed by atoms with van der Waals surface area (Å²) in [6.07, 6.45) is 0. The van der Waals surface area contributed by atoms with Crippen LogP contribution >= 0.6 is 27.5 Å². The lowest BCUT2D eigenvalue weighted by molar-refractivity contribution is 0.298. The number of hydrogen-bond donors (Lipinski definition) is 1. The lowest BCUT2D eigenvalue weighted by Crippen LogP contribution is -2.03. The van der Waals surface area contributed by atoms with Gasteiger partial charge in [0.2, 0.25) is 0 Å². The van der Waals surface area contributed by atoms with Gasteiger partial charge in [-0.15, -0.1) is 0 Å². The maximum Gasteiger partial charge on any atom is 0.145 e. The average Bonchev–Trinajstić information content (AvgIpc) is 2.42. The molecule has 1 aromatic carbocycles. The minimum absolute atomic E-state index is 0.0523. The highest BCUT2D eigenvalue weighted by Gasteiger charge is 2.08. The van der Waals surface area contributed by atoms with Crippen LogP contribution in [-0.4, -0.2) is 11.5 Å². The monoisotopic (exact) mass is 358 g/mol. The molecule has 0 saturated carbocycles. The molecule has 0 amide bonds. The Kier molecular flexibility index (Phi) is 5.20. The Morgan fingerprint density at radius 1 is 1.40 bits per heavy atom. The van der Waals surface area contributed by atoms with Crippen molar-refractivity contribution in [2.45, 2.75) is 13.5 Å². The quantitative estimate of drug-likeness (QED) is 0.789. The molecule has 2 rings (SSSR count). The smallest absolute Gasteiger partial charge is 0.145 e. The molecule has 106 valence electrons. The average molecular weight is 360 g/mol. The van der Waals surface area contributed by atoms with E-state index in [2.05, 4.69) is 26.2 Å². The van der Waals surface area contributed by atoms with Gasteiger partial charge in [0.25, 0.3) is 0 Å². The summed E-state index contributed by atoms with van der Waals surface area (Å²) < 4.78 is 19.6. The van der Waals surface area contributed by atoms with E-state index in [1.54, 1.807) is 0 Å². The predicted molar refractivity (Wildman–Crippen MR) is 81.8 cm³/mol. The van der Waals surface area contributed by atoms with Gasteiger partial charge in [-0.2, -0.15) is 0 Å². The molecule has 0 atom stereocenters. The minimum atomic E-state index is -0.515. The molecule has 0 spiro atoms. The van der Waals surface area contributed by atoms with Crippen molar-refractivity contribution in [2.75, 3.05) is 11.9 Å². The molecule has 0 radical (unpaired) electrons. The molecular weight excluding hydrogens is 347 g/mol. The minimum Gasteiger partial charge on any atom is -0.486 e. The highest BCUT2D eigenvalue weighted by Crippen LogP contribution is 2.31. The van der Waals surface area contributed by atoms with Crippen LogP contribution in [0.15, 0.2) is 34.8 Å². The molecule has 0 fully saturated rings. The van der Waals surface area contributed by atoms with E-state index in [0.717, 1.165) is 18.1 Å². The summed E-state index contributed by atoms with van der Waals surface area (Å²) in [5, 5.41) is 3.17. The molecule has 0 unspecified atom stereocenters. The molecule has 2 aromatic rings. The van der Waals surface area contributed by atoms with Gasteiger partial charge in [-0.3, -0.25) is 0 Å². The van der Waals surface area contributed by atoms with E-state index in [9.17, 15) is 4.39 Å². The third-order valence-electron chi connectivity index (χ3n) is 2.52. The summed E-state index contributed by atoms with van der Waals surface area (Å²) in [7, 11) is 0. The zero-order chi connectivity index (χ0) is 14.5. The Morgan fingerprint density at radius 2 is 2.20 bits per heavy atom. The number of benzene rings is 1. The molecule has 1 heterocycles. The van der Waals surface area contributed by atoms with Crippen LogP contribution in [0.2, 0.25) is 5.02 Å². The lowest BCUT2D eigenvalue weighted by Gasteiger charge is -2.10. The fourth-order valence-corrected chi connectivity index (χ4v) is 2.36. The van der Waals surface area contributed by atoms with Gasteiger partial charge in [0.1, 0.15) is 24.0 Å². The van der Waals surface area contributed by atoms with Crippen molar-refractivity contribution < 1.29 is 9.13 Å². The first-order valence-electron chi connectivity index (χ1n) is 6.07. The van der Waals surface area contributed by atoms with Crippen molar-refractivity contribution >= 4 is 33.3 Å². The number of nitrogens with one attached hydrogen (secondary N) is 1. The number of halogens is 3. The number of hydrogen-bond acceptors (Lipinski definition) is 3. The first-order valence-corrected chi connectivity index (χ1v) is 7.24. The highest BCUT2D eigenvalue weighted by molar-refractivity contribution is 9.10. The Morgan fingerprint density at radius 3 is 2.95 bits per heavy atom. The standard InChI is InChI=1S/C14H13BrClFN2O/c1-2-18-14-5-3-4-9(19-14)8-20-13-7-12(17)11(16)6-10(13)15/h3-7H,2,8H2,1H3,(H,18,19). The summed E-state index contributed by atoms with van der Waals surface area (Å²) >= 11 is 8.96. The second-order valence-corrected chi connectivity index (χ2v) is 5.29. The van der Waals surface area contributed by atoms with E-state index in [-0.39, 0.29) is 11.6 Å². The molecule has 1 N–H and O–H groups in total. The molecule has 0 bridgehead atoms. The number of pyridine rings is 1. The van der Waals surface area contributed by atoms with Crippen molar-refractivity contribution in [2.24, 2.45) is 0 Å². The van der Waals surface area contributed by atoms with Gasteiger partial charge in [-0.05, 0) is 41.1 Å². The third-order valence-corrected chi connectivity index (χ3v) is 3.42. The molecule has 0 aliphatic heterocycles. The van der Waals surface area contributed by atoms with Crippen LogP contribution in [0.4, 0.5) is 10.2 Å². The summed E-state index contributed by atoms with van der Waals surface area (Å²) in [6.45, 7) is 3.04. The first-order chi connectivity index (χ1) is 9.60. The molecule has 3 nitrogen and oxygen atoms in total. The van der Waals surface area contributed by atoms with Gasteiger partial charge in [0.15, 0.2) is 0 Å². The largest absolute Gasteiger partial charge is 0.486 e. The lowest BCUT2D eigenvalue weighted by atomic mass is 10.3. The Labute approximate surface area is 130 Å². The van der Waals surface area contributed by atoms with Gasteiger partial charge in [-0.1, -0.05) is 17.7 Å². The molecule has 0 aliphatic rings. The van der Waals surface area contributed by atoms with Crippen molar-refractivity contribution in [3.8, 4) is 5.75 Å². The summed E-state index contributed by atoms with van der Waals surface area (Å²) in [5.74, 6) is 0.664. The van der Waals surface area contributed by atoms with E-state index < -0.39 is 5.82 Å². The van der Waals surface area contributed by atoms with Crippen LogP contribution in [0.3, 0.4) is 0 Å². The second-order valence-electron chi connectivity index (χ2n) is 4.03.